The highest BCUT2D eigenvalue weighted by atomic mass is 16.5. The van der Waals surface area contributed by atoms with E-state index in [0.29, 0.717) is 12.5 Å². The summed E-state index contributed by atoms with van der Waals surface area (Å²) >= 11 is 0. The van der Waals surface area contributed by atoms with Gasteiger partial charge in [-0.3, -0.25) is 4.79 Å². The van der Waals surface area contributed by atoms with Gasteiger partial charge in [0.1, 0.15) is 0 Å². The second-order valence-corrected chi connectivity index (χ2v) is 5.17. The predicted molar refractivity (Wildman–Crippen MR) is 62.9 cm³/mol. The third-order valence-corrected chi connectivity index (χ3v) is 2.15. The maximum absolute atomic E-state index is 11.3. The van der Waals surface area contributed by atoms with E-state index in [2.05, 4.69) is 37.7 Å². The van der Waals surface area contributed by atoms with Crippen LogP contribution in [0.15, 0.2) is 0 Å². The zero-order chi connectivity index (χ0) is 12.8. The number of hydrogen-bond donors (Lipinski definition) is 1. The third kappa shape index (κ3) is 6.43. The van der Waals surface area contributed by atoms with Gasteiger partial charge in [0.25, 0.3) is 0 Å². The standard InChI is InChI=1S/C12H23NO3/c1-6-16-11(15)10(14)13-8-12(4,5)7-9(2)3/h9H,6-8H2,1-5H3,(H,13,14). The summed E-state index contributed by atoms with van der Waals surface area (Å²) in [6, 6.07) is 0. The van der Waals surface area contributed by atoms with Gasteiger partial charge in [-0.15, -0.1) is 0 Å². The molecule has 0 unspecified atom stereocenters. The SMILES string of the molecule is CCOC(=O)C(=O)NCC(C)(C)CC(C)C. The van der Waals surface area contributed by atoms with E-state index in [-0.39, 0.29) is 12.0 Å². The number of hydrogen-bond acceptors (Lipinski definition) is 3. The number of nitrogens with one attached hydrogen (secondary N) is 1. The zero-order valence-corrected chi connectivity index (χ0v) is 10.9. The molecule has 0 aromatic rings. The lowest BCUT2D eigenvalue weighted by molar-refractivity contribution is -0.154. The van der Waals surface area contributed by atoms with Crippen LogP contribution < -0.4 is 5.32 Å². The molecule has 4 heteroatoms. The summed E-state index contributed by atoms with van der Waals surface area (Å²) in [7, 11) is 0. The van der Waals surface area contributed by atoms with Crippen molar-refractivity contribution in [3.05, 3.63) is 0 Å². The van der Waals surface area contributed by atoms with Crippen molar-refractivity contribution in [2.24, 2.45) is 11.3 Å². The predicted octanol–water partition coefficient (Wildman–Crippen LogP) is 1.74. The number of carbonyl (C=O) groups is 2. The zero-order valence-electron chi connectivity index (χ0n) is 10.9. The monoisotopic (exact) mass is 229 g/mol. The van der Waals surface area contributed by atoms with Gasteiger partial charge in [0.05, 0.1) is 6.61 Å². The van der Waals surface area contributed by atoms with Gasteiger partial charge in [-0.25, -0.2) is 4.79 Å². The van der Waals surface area contributed by atoms with E-state index in [4.69, 9.17) is 0 Å². The minimum absolute atomic E-state index is 0.00365. The van der Waals surface area contributed by atoms with Crippen LogP contribution in [0.2, 0.25) is 0 Å². The highest BCUT2D eigenvalue weighted by molar-refractivity contribution is 6.32. The van der Waals surface area contributed by atoms with E-state index in [1.165, 1.54) is 0 Å². The first-order valence-electron chi connectivity index (χ1n) is 5.73. The van der Waals surface area contributed by atoms with Crippen LogP contribution in [-0.2, 0) is 14.3 Å². The van der Waals surface area contributed by atoms with Gasteiger partial charge in [-0.2, -0.15) is 0 Å². The van der Waals surface area contributed by atoms with Crippen LogP contribution in [0, 0.1) is 11.3 Å². The van der Waals surface area contributed by atoms with E-state index < -0.39 is 11.9 Å². The summed E-state index contributed by atoms with van der Waals surface area (Å²) in [6.45, 7) is 10.8. The van der Waals surface area contributed by atoms with Crippen molar-refractivity contribution in [2.45, 2.75) is 41.0 Å². The van der Waals surface area contributed by atoms with Crippen molar-refractivity contribution in [1.29, 1.82) is 0 Å². The van der Waals surface area contributed by atoms with Crippen molar-refractivity contribution >= 4 is 11.9 Å². The van der Waals surface area contributed by atoms with Crippen molar-refractivity contribution in [1.82, 2.24) is 5.32 Å². The Balaban J connectivity index is 4.04. The Labute approximate surface area is 97.7 Å². The molecule has 4 nitrogen and oxygen atoms in total. The molecule has 1 amide bonds. The molecule has 0 spiro atoms. The average Bonchev–Trinajstić information content (AvgIpc) is 2.12. The van der Waals surface area contributed by atoms with Crippen LogP contribution in [-0.4, -0.2) is 25.0 Å². The van der Waals surface area contributed by atoms with Gasteiger partial charge in [-0.05, 0) is 24.7 Å². The fraction of sp³-hybridized carbons (Fsp3) is 0.833. The molecule has 0 aliphatic rings. The number of amides is 1. The molecule has 0 saturated heterocycles. The first-order valence-corrected chi connectivity index (χ1v) is 5.73. The fourth-order valence-corrected chi connectivity index (χ4v) is 1.77. The van der Waals surface area contributed by atoms with Crippen LogP contribution in [0.25, 0.3) is 0 Å². The first-order chi connectivity index (χ1) is 7.28. The maximum Gasteiger partial charge on any atom is 0.396 e. The van der Waals surface area contributed by atoms with E-state index in [1.54, 1.807) is 6.92 Å². The van der Waals surface area contributed by atoms with Gasteiger partial charge >= 0.3 is 11.9 Å². The summed E-state index contributed by atoms with van der Waals surface area (Å²) in [6.07, 6.45) is 0.996. The van der Waals surface area contributed by atoms with Gasteiger partial charge in [0.2, 0.25) is 0 Å². The summed E-state index contributed by atoms with van der Waals surface area (Å²) < 4.78 is 4.60. The lowest BCUT2D eigenvalue weighted by Crippen LogP contribution is -2.39. The Morgan fingerprint density at radius 2 is 1.88 bits per heavy atom. The second-order valence-electron chi connectivity index (χ2n) is 5.17. The molecule has 0 bridgehead atoms. The van der Waals surface area contributed by atoms with Gasteiger partial charge in [-0.1, -0.05) is 27.7 Å². The minimum Gasteiger partial charge on any atom is -0.459 e. The normalized spacial score (nSPS) is 11.4. The number of rotatable bonds is 5. The van der Waals surface area contributed by atoms with Crippen LogP contribution in [0.4, 0.5) is 0 Å². The molecule has 0 aliphatic carbocycles. The molecule has 0 fully saturated rings. The second kappa shape index (κ2) is 6.51. The van der Waals surface area contributed by atoms with E-state index in [1.807, 2.05) is 0 Å². The van der Waals surface area contributed by atoms with Crippen molar-refractivity contribution in [3.63, 3.8) is 0 Å². The van der Waals surface area contributed by atoms with Gasteiger partial charge in [0, 0.05) is 6.54 Å². The Morgan fingerprint density at radius 1 is 1.31 bits per heavy atom. The lowest BCUT2D eigenvalue weighted by atomic mass is 9.84. The largest absolute Gasteiger partial charge is 0.459 e. The molecule has 0 aliphatic heterocycles. The topological polar surface area (TPSA) is 55.4 Å². The Bertz CT molecular complexity index is 247. The van der Waals surface area contributed by atoms with Crippen LogP contribution in [0.1, 0.15) is 41.0 Å². The molecule has 0 heterocycles. The Morgan fingerprint density at radius 3 is 2.31 bits per heavy atom. The molecule has 0 saturated carbocycles. The van der Waals surface area contributed by atoms with Crippen LogP contribution in [0.3, 0.4) is 0 Å². The van der Waals surface area contributed by atoms with E-state index in [9.17, 15) is 9.59 Å². The van der Waals surface area contributed by atoms with Crippen LogP contribution in [0.5, 0.6) is 0 Å². The van der Waals surface area contributed by atoms with Gasteiger partial charge in [0.15, 0.2) is 0 Å². The molecular weight excluding hydrogens is 206 g/mol. The molecule has 0 aromatic heterocycles. The molecule has 0 rings (SSSR count). The molecule has 0 atom stereocenters. The van der Waals surface area contributed by atoms with E-state index >= 15 is 0 Å². The van der Waals surface area contributed by atoms with Crippen molar-refractivity contribution < 1.29 is 14.3 Å². The summed E-state index contributed by atoms with van der Waals surface area (Å²) in [5.41, 5.74) is -0.00365. The van der Waals surface area contributed by atoms with E-state index in [0.717, 1.165) is 6.42 Å². The average molecular weight is 229 g/mol. The summed E-state index contributed by atoms with van der Waals surface area (Å²) in [5.74, 6) is -0.893. The smallest absolute Gasteiger partial charge is 0.396 e. The quantitative estimate of drug-likeness (QED) is 0.577. The molecule has 0 radical (unpaired) electrons. The van der Waals surface area contributed by atoms with Crippen molar-refractivity contribution in [2.75, 3.05) is 13.2 Å². The molecule has 1 N–H and O–H groups in total. The number of carbonyl (C=O) groups excluding carboxylic acids is 2. The van der Waals surface area contributed by atoms with Crippen molar-refractivity contribution in [3.8, 4) is 0 Å². The third-order valence-electron chi connectivity index (χ3n) is 2.15. The highest BCUT2D eigenvalue weighted by Crippen LogP contribution is 2.23. The molecule has 0 aromatic carbocycles. The minimum atomic E-state index is -0.803. The Kier molecular flexibility index (Phi) is 6.08. The maximum atomic E-state index is 11.3. The van der Waals surface area contributed by atoms with Crippen LogP contribution >= 0.6 is 0 Å². The first kappa shape index (κ1) is 14.9. The van der Waals surface area contributed by atoms with Gasteiger partial charge < -0.3 is 10.1 Å². The molecule has 16 heavy (non-hydrogen) atoms. The Hall–Kier alpha value is -1.06. The number of esters is 1. The molecule has 94 valence electrons. The molecular formula is C12H23NO3. The highest BCUT2D eigenvalue weighted by Gasteiger charge is 2.22. The summed E-state index contributed by atoms with van der Waals surface area (Å²) in [4.78, 5) is 22.3. The summed E-state index contributed by atoms with van der Waals surface area (Å²) in [5, 5.41) is 2.60. The number of ether oxygens (including phenoxy) is 1. The fourth-order valence-electron chi connectivity index (χ4n) is 1.77. The lowest BCUT2D eigenvalue weighted by Gasteiger charge is -2.26.